The van der Waals surface area contributed by atoms with Crippen molar-refractivity contribution >= 4 is 33.9 Å². The van der Waals surface area contributed by atoms with E-state index in [-0.39, 0.29) is 5.82 Å². The molecule has 0 bridgehead atoms. The normalized spacial score (nSPS) is 9.93. The Kier molecular flexibility index (Phi) is 2.98. The third kappa shape index (κ3) is 2.16. The van der Waals surface area contributed by atoms with E-state index >= 15 is 0 Å². The highest BCUT2D eigenvalue weighted by atomic mass is 127. The highest BCUT2D eigenvalue weighted by Crippen LogP contribution is 2.30. The molecule has 0 saturated heterocycles. The van der Waals surface area contributed by atoms with Gasteiger partial charge in [-0.05, 0) is 40.3 Å². The van der Waals surface area contributed by atoms with E-state index in [1.165, 1.54) is 23.5 Å². The average Bonchev–Trinajstić information content (AvgIpc) is 2.59. The maximum absolute atomic E-state index is 13.0. The zero-order chi connectivity index (χ0) is 10.8. The molecule has 0 atom stereocenters. The Labute approximate surface area is 104 Å². The molecule has 0 amide bonds. The van der Waals surface area contributed by atoms with Crippen LogP contribution in [0.4, 0.5) is 4.39 Å². The van der Waals surface area contributed by atoms with Crippen molar-refractivity contribution < 1.29 is 4.39 Å². The van der Waals surface area contributed by atoms with Crippen molar-refractivity contribution in [3.8, 4) is 16.5 Å². The number of hydrogen-bond donors (Lipinski definition) is 0. The van der Waals surface area contributed by atoms with Gasteiger partial charge in [-0.2, -0.15) is 5.26 Å². The van der Waals surface area contributed by atoms with E-state index in [0.717, 1.165) is 7.89 Å². The van der Waals surface area contributed by atoms with Crippen LogP contribution in [0.3, 0.4) is 0 Å². The Morgan fingerprint density at radius 3 is 2.93 bits per heavy atom. The monoisotopic (exact) mass is 330 g/mol. The zero-order valence-corrected chi connectivity index (χ0v) is 10.3. The van der Waals surface area contributed by atoms with Crippen LogP contribution in [0.25, 0.3) is 10.4 Å². The second kappa shape index (κ2) is 4.24. The van der Waals surface area contributed by atoms with Crippen LogP contribution in [0.2, 0.25) is 0 Å². The molecule has 5 heteroatoms. The van der Waals surface area contributed by atoms with E-state index in [0.29, 0.717) is 11.3 Å². The lowest BCUT2D eigenvalue weighted by Gasteiger charge is -1.96. The minimum Gasteiger partial charge on any atom is -0.219 e. The van der Waals surface area contributed by atoms with Crippen LogP contribution in [-0.2, 0) is 0 Å². The summed E-state index contributed by atoms with van der Waals surface area (Å²) >= 11 is 3.43. The number of rotatable bonds is 1. The molecule has 2 rings (SSSR count). The third-order valence-electron chi connectivity index (χ3n) is 1.79. The van der Waals surface area contributed by atoms with E-state index in [1.807, 2.05) is 28.7 Å². The Balaban J connectivity index is 2.59. The van der Waals surface area contributed by atoms with Gasteiger partial charge in [-0.25, -0.2) is 9.37 Å². The Morgan fingerprint density at radius 1 is 1.47 bits per heavy atom. The molecule has 1 aromatic carbocycles. The first kappa shape index (κ1) is 10.5. The molecule has 1 aromatic heterocycles. The lowest BCUT2D eigenvalue weighted by molar-refractivity contribution is 0.628. The predicted molar refractivity (Wildman–Crippen MR) is 64.9 cm³/mol. The average molecular weight is 330 g/mol. The van der Waals surface area contributed by atoms with E-state index < -0.39 is 0 Å². The van der Waals surface area contributed by atoms with Crippen LogP contribution in [-0.4, -0.2) is 4.98 Å². The number of halogens is 2. The van der Waals surface area contributed by atoms with Crippen molar-refractivity contribution in [3.63, 3.8) is 0 Å². The second-order valence-corrected chi connectivity index (χ2v) is 5.52. The summed E-state index contributed by atoms with van der Waals surface area (Å²) in [4.78, 5) is 4.78. The van der Waals surface area contributed by atoms with Gasteiger partial charge in [-0.1, -0.05) is 12.1 Å². The quantitative estimate of drug-likeness (QED) is 0.751. The molecular weight excluding hydrogens is 326 g/mol. The van der Waals surface area contributed by atoms with Crippen molar-refractivity contribution in [1.29, 1.82) is 5.26 Å². The lowest BCUT2D eigenvalue weighted by Crippen LogP contribution is -1.81. The summed E-state index contributed by atoms with van der Waals surface area (Å²) < 4.78 is 13.8. The minimum atomic E-state index is -0.306. The fourth-order valence-electron chi connectivity index (χ4n) is 1.20. The van der Waals surface area contributed by atoms with E-state index in [2.05, 4.69) is 4.98 Å². The SMILES string of the molecule is N#Cc1nc(I)sc1-c1cccc(F)c1. The number of hydrogen-bond acceptors (Lipinski definition) is 3. The molecule has 15 heavy (non-hydrogen) atoms. The molecule has 2 nitrogen and oxygen atoms in total. The van der Waals surface area contributed by atoms with Gasteiger partial charge in [0.05, 0.1) is 4.88 Å². The van der Waals surface area contributed by atoms with Gasteiger partial charge in [0.15, 0.2) is 8.71 Å². The number of aromatic nitrogens is 1. The van der Waals surface area contributed by atoms with Crippen LogP contribution in [0, 0.1) is 20.2 Å². The molecule has 74 valence electrons. The molecule has 0 aliphatic heterocycles. The standard InChI is InChI=1S/C10H4FIN2S/c11-7-3-1-2-6(4-7)9-8(5-13)14-10(12)15-9/h1-4H. The van der Waals surface area contributed by atoms with Gasteiger partial charge in [0.1, 0.15) is 11.9 Å². The summed E-state index contributed by atoms with van der Waals surface area (Å²) in [6, 6.07) is 8.18. The van der Waals surface area contributed by atoms with Crippen LogP contribution >= 0.6 is 33.9 Å². The zero-order valence-electron chi connectivity index (χ0n) is 7.37. The molecule has 2 aromatic rings. The highest BCUT2D eigenvalue weighted by Gasteiger charge is 2.11. The van der Waals surface area contributed by atoms with Gasteiger partial charge in [0.25, 0.3) is 0 Å². The molecule has 0 N–H and O–H groups in total. The van der Waals surface area contributed by atoms with Gasteiger partial charge >= 0.3 is 0 Å². The number of nitriles is 1. The van der Waals surface area contributed by atoms with Crippen molar-refractivity contribution in [2.75, 3.05) is 0 Å². The van der Waals surface area contributed by atoms with Gasteiger partial charge in [-0.3, -0.25) is 0 Å². The van der Waals surface area contributed by atoms with Crippen LogP contribution in [0.5, 0.6) is 0 Å². The molecule has 0 spiro atoms. The Hall–Kier alpha value is -1.00. The second-order valence-electron chi connectivity index (χ2n) is 2.77. The summed E-state index contributed by atoms with van der Waals surface area (Å²) in [7, 11) is 0. The third-order valence-corrected chi connectivity index (χ3v) is 3.59. The molecule has 0 aliphatic carbocycles. The summed E-state index contributed by atoms with van der Waals surface area (Å²) in [5, 5.41) is 8.86. The van der Waals surface area contributed by atoms with Gasteiger partial charge in [0, 0.05) is 0 Å². The van der Waals surface area contributed by atoms with Gasteiger partial charge in [0.2, 0.25) is 0 Å². The molecule has 0 fully saturated rings. The van der Waals surface area contributed by atoms with Crippen LogP contribution in [0.15, 0.2) is 24.3 Å². The van der Waals surface area contributed by atoms with Crippen molar-refractivity contribution in [1.82, 2.24) is 4.98 Å². The van der Waals surface area contributed by atoms with E-state index in [9.17, 15) is 4.39 Å². The number of nitrogens with zero attached hydrogens (tertiary/aromatic N) is 2. The van der Waals surface area contributed by atoms with Crippen molar-refractivity contribution in [3.05, 3.63) is 38.8 Å². The molecule has 0 aliphatic rings. The number of thiazole rings is 1. The molecule has 0 radical (unpaired) electrons. The maximum atomic E-state index is 13.0. The van der Waals surface area contributed by atoms with E-state index in [4.69, 9.17) is 5.26 Å². The first-order valence-corrected chi connectivity index (χ1v) is 5.92. The molecular formula is C10H4FIN2S. The maximum Gasteiger partial charge on any atom is 0.160 e. The highest BCUT2D eigenvalue weighted by molar-refractivity contribution is 14.1. The van der Waals surface area contributed by atoms with Crippen LogP contribution < -0.4 is 0 Å². The lowest BCUT2D eigenvalue weighted by atomic mass is 10.1. The number of benzene rings is 1. The minimum absolute atomic E-state index is 0.306. The van der Waals surface area contributed by atoms with E-state index in [1.54, 1.807) is 12.1 Å². The smallest absolute Gasteiger partial charge is 0.160 e. The first-order valence-electron chi connectivity index (χ1n) is 4.03. The topological polar surface area (TPSA) is 36.7 Å². The van der Waals surface area contributed by atoms with Crippen LogP contribution in [0.1, 0.15) is 5.69 Å². The van der Waals surface area contributed by atoms with Crippen molar-refractivity contribution in [2.24, 2.45) is 0 Å². The summed E-state index contributed by atoms with van der Waals surface area (Å²) in [6.45, 7) is 0. The first-order chi connectivity index (χ1) is 7.20. The Morgan fingerprint density at radius 2 is 2.27 bits per heavy atom. The van der Waals surface area contributed by atoms with Gasteiger partial charge < -0.3 is 0 Å². The van der Waals surface area contributed by atoms with Gasteiger partial charge in [-0.15, -0.1) is 11.3 Å². The summed E-state index contributed by atoms with van der Waals surface area (Å²) in [5.41, 5.74) is 1.06. The molecule has 0 saturated carbocycles. The summed E-state index contributed by atoms with van der Waals surface area (Å²) in [5.74, 6) is -0.306. The fraction of sp³-hybridized carbons (Fsp3) is 0. The molecule has 0 unspecified atom stereocenters. The predicted octanol–water partition coefficient (Wildman–Crippen LogP) is 3.43. The Bertz CT molecular complexity index is 545. The fourth-order valence-corrected chi connectivity index (χ4v) is 2.84. The van der Waals surface area contributed by atoms with Crippen molar-refractivity contribution in [2.45, 2.75) is 0 Å². The largest absolute Gasteiger partial charge is 0.219 e. The molecule has 1 heterocycles. The summed E-state index contributed by atoms with van der Waals surface area (Å²) in [6.07, 6.45) is 0.